The molecule has 1 saturated carbocycles. The Morgan fingerprint density at radius 2 is 2.00 bits per heavy atom. The molecule has 0 spiro atoms. The molecule has 1 aliphatic carbocycles. The van der Waals surface area contributed by atoms with Crippen LogP contribution in [-0.2, 0) is 6.18 Å². The lowest BCUT2D eigenvalue weighted by molar-refractivity contribution is -0.140. The van der Waals surface area contributed by atoms with Crippen molar-refractivity contribution in [2.24, 2.45) is 5.92 Å². The van der Waals surface area contributed by atoms with E-state index in [1.165, 1.54) is 6.42 Å². The first-order valence-corrected chi connectivity index (χ1v) is 6.53. The van der Waals surface area contributed by atoms with E-state index in [0.29, 0.717) is 24.6 Å². The standard InChI is InChI=1S/C14H15F4NO/c15-12-5-4-10(8-11(12)14(16,17)18)13(20)19-7-6-9-2-1-3-9/h4-5,8-9H,1-3,6-7H2,(H,19,20). The zero-order chi connectivity index (χ0) is 14.8. The van der Waals surface area contributed by atoms with E-state index in [1.807, 2.05) is 0 Å². The molecule has 1 amide bonds. The molecule has 1 aliphatic rings. The van der Waals surface area contributed by atoms with E-state index in [1.54, 1.807) is 0 Å². The van der Waals surface area contributed by atoms with E-state index in [-0.39, 0.29) is 5.56 Å². The molecule has 2 nitrogen and oxygen atoms in total. The van der Waals surface area contributed by atoms with E-state index in [0.717, 1.165) is 25.3 Å². The molecule has 110 valence electrons. The molecule has 0 saturated heterocycles. The van der Waals surface area contributed by atoms with Crippen LogP contribution in [0.4, 0.5) is 17.6 Å². The molecule has 0 atom stereocenters. The lowest BCUT2D eigenvalue weighted by Crippen LogP contribution is -2.27. The number of alkyl halides is 3. The Kier molecular flexibility index (Phi) is 4.30. The predicted molar refractivity (Wildman–Crippen MR) is 65.7 cm³/mol. The minimum atomic E-state index is -4.80. The van der Waals surface area contributed by atoms with Crippen LogP contribution < -0.4 is 5.32 Å². The first kappa shape index (κ1) is 14.8. The van der Waals surface area contributed by atoms with Gasteiger partial charge in [-0.3, -0.25) is 4.79 Å². The van der Waals surface area contributed by atoms with Crippen molar-refractivity contribution in [3.8, 4) is 0 Å². The number of carbonyl (C=O) groups is 1. The Balaban J connectivity index is 1.98. The van der Waals surface area contributed by atoms with Gasteiger partial charge in [0.1, 0.15) is 5.82 Å². The monoisotopic (exact) mass is 289 g/mol. The Labute approximate surface area is 114 Å². The van der Waals surface area contributed by atoms with Crippen LogP contribution in [0.5, 0.6) is 0 Å². The number of hydrogen-bond acceptors (Lipinski definition) is 1. The third-order valence-electron chi connectivity index (χ3n) is 3.60. The summed E-state index contributed by atoms with van der Waals surface area (Å²) < 4.78 is 50.7. The summed E-state index contributed by atoms with van der Waals surface area (Å²) in [5, 5.41) is 2.57. The normalized spacial score (nSPS) is 15.8. The number of nitrogens with one attached hydrogen (secondary N) is 1. The minimum absolute atomic E-state index is 0.174. The first-order chi connectivity index (χ1) is 9.38. The van der Waals surface area contributed by atoms with Gasteiger partial charge in [0.05, 0.1) is 5.56 Å². The maximum Gasteiger partial charge on any atom is 0.419 e. The Hall–Kier alpha value is -1.59. The van der Waals surface area contributed by atoms with Crippen LogP contribution in [0.1, 0.15) is 41.6 Å². The molecule has 1 fully saturated rings. The van der Waals surface area contributed by atoms with Gasteiger partial charge in [0.25, 0.3) is 5.91 Å². The van der Waals surface area contributed by atoms with Crippen molar-refractivity contribution in [3.63, 3.8) is 0 Å². The van der Waals surface area contributed by atoms with Gasteiger partial charge in [-0.15, -0.1) is 0 Å². The number of halogens is 4. The molecule has 2 rings (SSSR count). The Morgan fingerprint density at radius 1 is 1.30 bits per heavy atom. The summed E-state index contributed by atoms with van der Waals surface area (Å²) in [4.78, 5) is 11.7. The molecule has 1 N–H and O–H groups in total. The molecule has 0 heterocycles. The number of amides is 1. The fraction of sp³-hybridized carbons (Fsp3) is 0.500. The molecule has 6 heteroatoms. The van der Waals surface area contributed by atoms with Gasteiger partial charge in [-0.1, -0.05) is 19.3 Å². The maximum absolute atomic E-state index is 13.1. The van der Waals surface area contributed by atoms with Crippen molar-refractivity contribution in [3.05, 3.63) is 35.1 Å². The van der Waals surface area contributed by atoms with E-state index < -0.39 is 23.5 Å². The van der Waals surface area contributed by atoms with Crippen molar-refractivity contribution in [1.82, 2.24) is 5.32 Å². The number of rotatable bonds is 4. The van der Waals surface area contributed by atoms with Gasteiger partial charge in [0.2, 0.25) is 0 Å². The Morgan fingerprint density at radius 3 is 2.55 bits per heavy atom. The lowest BCUT2D eigenvalue weighted by Gasteiger charge is -2.25. The molecular formula is C14H15F4NO. The van der Waals surface area contributed by atoms with E-state index >= 15 is 0 Å². The van der Waals surface area contributed by atoms with Gasteiger partial charge in [-0.2, -0.15) is 13.2 Å². The highest BCUT2D eigenvalue weighted by Gasteiger charge is 2.34. The summed E-state index contributed by atoms with van der Waals surface area (Å²) in [6, 6.07) is 2.28. The highest BCUT2D eigenvalue weighted by molar-refractivity contribution is 5.94. The number of hydrogen-bond donors (Lipinski definition) is 1. The van der Waals surface area contributed by atoms with E-state index in [9.17, 15) is 22.4 Å². The molecule has 0 bridgehead atoms. The van der Waals surface area contributed by atoms with E-state index in [4.69, 9.17) is 0 Å². The quantitative estimate of drug-likeness (QED) is 0.840. The molecule has 20 heavy (non-hydrogen) atoms. The predicted octanol–water partition coefficient (Wildman–Crippen LogP) is 3.76. The van der Waals surface area contributed by atoms with Crippen LogP contribution in [0.3, 0.4) is 0 Å². The molecular weight excluding hydrogens is 274 g/mol. The second-order valence-corrected chi connectivity index (χ2v) is 5.03. The van der Waals surface area contributed by atoms with Crippen LogP contribution in [0.2, 0.25) is 0 Å². The molecule has 0 radical (unpaired) electrons. The largest absolute Gasteiger partial charge is 0.419 e. The van der Waals surface area contributed by atoms with Crippen LogP contribution in [-0.4, -0.2) is 12.5 Å². The molecule has 0 aliphatic heterocycles. The minimum Gasteiger partial charge on any atom is -0.352 e. The Bertz CT molecular complexity index is 494. The lowest BCUT2D eigenvalue weighted by atomic mass is 9.83. The molecule has 0 aromatic heterocycles. The molecule has 1 aromatic rings. The van der Waals surface area contributed by atoms with Crippen molar-refractivity contribution < 1.29 is 22.4 Å². The van der Waals surface area contributed by atoms with Gasteiger partial charge in [0, 0.05) is 12.1 Å². The summed E-state index contributed by atoms with van der Waals surface area (Å²) in [5.74, 6) is -1.37. The highest BCUT2D eigenvalue weighted by Crippen LogP contribution is 2.32. The van der Waals surface area contributed by atoms with Crippen LogP contribution in [0.25, 0.3) is 0 Å². The van der Waals surface area contributed by atoms with E-state index in [2.05, 4.69) is 5.32 Å². The summed E-state index contributed by atoms with van der Waals surface area (Å²) in [6.45, 7) is 0.433. The molecule has 0 unspecified atom stereocenters. The smallest absolute Gasteiger partial charge is 0.352 e. The average Bonchev–Trinajstić information content (AvgIpc) is 2.31. The third kappa shape index (κ3) is 3.49. The van der Waals surface area contributed by atoms with Gasteiger partial charge in [-0.05, 0) is 30.5 Å². The fourth-order valence-electron chi connectivity index (χ4n) is 2.16. The average molecular weight is 289 g/mol. The zero-order valence-corrected chi connectivity index (χ0v) is 10.8. The van der Waals surface area contributed by atoms with Crippen molar-refractivity contribution in [2.45, 2.75) is 31.9 Å². The first-order valence-electron chi connectivity index (χ1n) is 6.53. The third-order valence-corrected chi connectivity index (χ3v) is 3.60. The van der Waals surface area contributed by atoms with Gasteiger partial charge in [-0.25, -0.2) is 4.39 Å². The topological polar surface area (TPSA) is 29.1 Å². The summed E-state index contributed by atoms with van der Waals surface area (Å²) in [6.07, 6.45) is -0.480. The van der Waals surface area contributed by atoms with Crippen LogP contribution >= 0.6 is 0 Å². The van der Waals surface area contributed by atoms with Crippen molar-refractivity contribution in [1.29, 1.82) is 0 Å². The van der Waals surface area contributed by atoms with Crippen LogP contribution in [0, 0.1) is 11.7 Å². The zero-order valence-electron chi connectivity index (χ0n) is 10.8. The van der Waals surface area contributed by atoms with Crippen LogP contribution in [0.15, 0.2) is 18.2 Å². The van der Waals surface area contributed by atoms with Gasteiger partial charge in [0.15, 0.2) is 0 Å². The fourth-order valence-corrected chi connectivity index (χ4v) is 2.16. The maximum atomic E-state index is 13.1. The number of benzene rings is 1. The highest BCUT2D eigenvalue weighted by atomic mass is 19.4. The van der Waals surface area contributed by atoms with Gasteiger partial charge < -0.3 is 5.32 Å². The summed E-state index contributed by atoms with van der Waals surface area (Å²) in [7, 11) is 0. The summed E-state index contributed by atoms with van der Waals surface area (Å²) >= 11 is 0. The molecule has 1 aromatic carbocycles. The second kappa shape index (κ2) is 5.81. The summed E-state index contributed by atoms with van der Waals surface area (Å²) in [5.41, 5.74) is -1.59. The van der Waals surface area contributed by atoms with Crippen molar-refractivity contribution >= 4 is 5.91 Å². The SMILES string of the molecule is O=C(NCCC1CCC1)c1ccc(F)c(C(F)(F)F)c1. The van der Waals surface area contributed by atoms with Gasteiger partial charge >= 0.3 is 6.18 Å². The number of carbonyl (C=O) groups excluding carboxylic acids is 1. The second-order valence-electron chi connectivity index (χ2n) is 5.03. The van der Waals surface area contributed by atoms with Crippen molar-refractivity contribution in [2.75, 3.05) is 6.54 Å².